The van der Waals surface area contributed by atoms with Crippen LogP contribution >= 0.6 is 23.4 Å². The van der Waals surface area contributed by atoms with Crippen molar-refractivity contribution in [3.63, 3.8) is 0 Å². The van der Waals surface area contributed by atoms with Crippen LogP contribution in [0.15, 0.2) is 51.9 Å². The monoisotopic (exact) mass is 338 g/mol. The summed E-state index contributed by atoms with van der Waals surface area (Å²) in [6, 6.07) is 10.9. The predicted octanol–water partition coefficient (Wildman–Crippen LogP) is 4.96. The van der Waals surface area contributed by atoms with Crippen LogP contribution in [0.1, 0.15) is 5.89 Å². The summed E-state index contributed by atoms with van der Waals surface area (Å²) in [7, 11) is 0. The van der Waals surface area contributed by atoms with Crippen molar-refractivity contribution in [1.29, 1.82) is 0 Å². The normalized spacial score (nSPS) is 10.9. The van der Waals surface area contributed by atoms with E-state index in [1.807, 2.05) is 12.1 Å². The van der Waals surface area contributed by atoms with Crippen LogP contribution in [0, 0.1) is 11.6 Å². The zero-order chi connectivity index (χ0) is 15.5. The van der Waals surface area contributed by atoms with E-state index >= 15 is 0 Å². The highest BCUT2D eigenvalue weighted by molar-refractivity contribution is 7.98. The van der Waals surface area contributed by atoms with E-state index in [1.165, 1.54) is 17.8 Å². The zero-order valence-electron chi connectivity index (χ0n) is 11.1. The first-order valence-corrected chi connectivity index (χ1v) is 7.65. The van der Waals surface area contributed by atoms with Gasteiger partial charge in [0.25, 0.3) is 0 Å². The third kappa shape index (κ3) is 3.28. The van der Waals surface area contributed by atoms with Gasteiger partial charge in [0.05, 0.1) is 10.8 Å². The first-order valence-electron chi connectivity index (χ1n) is 6.29. The number of benzene rings is 2. The molecule has 112 valence electrons. The quantitative estimate of drug-likeness (QED) is 0.630. The molecule has 3 nitrogen and oxygen atoms in total. The lowest BCUT2D eigenvalue weighted by Gasteiger charge is -1.99. The van der Waals surface area contributed by atoms with E-state index in [0.29, 0.717) is 32.9 Å². The molecule has 0 bridgehead atoms. The largest absolute Gasteiger partial charge is 0.338 e. The minimum absolute atomic E-state index is 0.350. The summed E-state index contributed by atoms with van der Waals surface area (Å²) in [5.41, 5.74) is 0.678. The molecule has 0 radical (unpaired) electrons. The Morgan fingerprint density at radius 3 is 2.68 bits per heavy atom. The van der Waals surface area contributed by atoms with Crippen molar-refractivity contribution in [2.75, 3.05) is 0 Å². The summed E-state index contributed by atoms with van der Waals surface area (Å²) in [6.45, 7) is 0. The number of aromatic nitrogens is 2. The molecule has 1 aromatic heterocycles. The number of halogens is 3. The molecule has 2 aromatic carbocycles. The highest BCUT2D eigenvalue weighted by atomic mass is 35.5. The van der Waals surface area contributed by atoms with Crippen LogP contribution in [0.3, 0.4) is 0 Å². The molecule has 0 saturated heterocycles. The molecule has 1 heterocycles. The Morgan fingerprint density at radius 2 is 1.91 bits per heavy atom. The number of nitrogens with zero attached hydrogens (tertiary/aromatic N) is 2. The van der Waals surface area contributed by atoms with Gasteiger partial charge in [0.2, 0.25) is 11.7 Å². The molecule has 0 amide bonds. The summed E-state index contributed by atoms with van der Waals surface area (Å²) < 4.78 is 31.1. The lowest BCUT2D eigenvalue weighted by atomic mass is 10.2. The average molecular weight is 339 g/mol. The molecule has 22 heavy (non-hydrogen) atoms. The number of rotatable bonds is 4. The van der Waals surface area contributed by atoms with Crippen molar-refractivity contribution in [2.45, 2.75) is 10.6 Å². The van der Waals surface area contributed by atoms with E-state index in [4.69, 9.17) is 16.1 Å². The molecule has 0 aliphatic heterocycles. The minimum Gasteiger partial charge on any atom is -0.338 e. The highest BCUT2D eigenvalue weighted by Crippen LogP contribution is 2.27. The standard InChI is InChI=1S/C15H9ClF2N2OS/c16-11-4-2-1-3-10(11)15-19-14(21-20-15)8-22-9-5-6-12(17)13(18)7-9/h1-7H,8H2. The van der Waals surface area contributed by atoms with Crippen LogP contribution in [-0.4, -0.2) is 10.1 Å². The first-order chi connectivity index (χ1) is 10.6. The molecular weight excluding hydrogens is 330 g/mol. The molecule has 3 rings (SSSR count). The van der Waals surface area contributed by atoms with Gasteiger partial charge in [-0.3, -0.25) is 0 Å². The van der Waals surface area contributed by atoms with Gasteiger partial charge in [0, 0.05) is 10.5 Å². The third-order valence-electron chi connectivity index (χ3n) is 2.84. The minimum atomic E-state index is -0.882. The molecular formula is C15H9ClF2N2OS. The molecule has 0 spiro atoms. The second-order valence-electron chi connectivity index (χ2n) is 4.36. The van der Waals surface area contributed by atoms with Crippen molar-refractivity contribution in [2.24, 2.45) is 0 Å². The fourth-order valence-electron chi connectivity index (χ4n) is 1.78. The van der Waals surface area contributed by atoms with E-state index in [1.54, 1.807) is 12.1 Å². The number of thioether (sulfide) groups is 1. The maximum absolute atomic E-state index is 13.1. The molecule has 0 N–H and O–H groups in total. The van der Waals surface area contributed by atoms with Gasteiger partial charge in [0.15, 0.2) is 11.6 Å². The fourth-order valence-corrected chi connectivity index (χ4v) is 2.76. The van der Waals surface area contributed by atoms with Crippen LogP contribution in [0.4, 0.5) is 8.78 Å². The van der Waals surface area contributed by atoms with E-state index in [-0.39, 0.29) is 0 Å². The predicted molar refractivity (Wildman–Crippen MR) is 80.7 cm³/mol. The van der Waals surface area contributed by atoms with Gasteiger partial charge < -0.3 is 4.52 Å². The van der Waals surface area contributed by atoms with E-state index in [9.17, 15) is 8.78 Å². The van der Waals surface area contributed by atoms with E-state index in [0.717, 1.165) is 12.1 Å². The molecule has 7 heteroatoms. The molecule has 0 atom stereocenters. The van der Waals surface area contributed by atoms with Crippen molar-refractivity contribution < 1.29 is 13.3 Å². The molecule has 3 aromatic rings. The number of hydrogen-bond donors (Lipinski definition) is 0. The maximum atomic E-state index is 13.1. The van der Waals surface area contributed by atoms with Gasteiger partial charge >= 0.3 is 0 Å². The summed E-state index contributed by atoms with van der Waals surface area (Å²) >= 11 is 7.34. The van der Waals surface area contributed by atoms with Crippen molar-refractivity contribution in [1.82, 2.24) is 10.1 Å². The first kappa shape index (κ1) is 15.0. The SMILES string of the molecule is Fc1ccc(SCc2nc(-c3ccccc3Cl)no2)cc1F. The van der Waals surface area contributed by atoms with Gasteiger partial charge in [0.1, 0.15) is 0 Å². The van der Waals surface area contributed by atoms with Gasteiger partial charge in [-0.1, -0.05) is 28.9 Å². The van der Waals surface area contributed by atoms with E-state index in [2.05, 4.69) is 10.1 Å². The Balaban J connectivity index is 1.72. The van der Waals surface area contributed by atoms with Gasteiger partial charge in [-0.25, -0.2) is 8.78 Å². The van der Waals surface area contributed by atoms with Crippen molar-refractivity contribution in [3.05, 3.63) is 65.0 Å². The summed E-state index contributed by atoms with van der Waals surface area (Å²) in [5, 5.41) is 4.40. The topological polar surface area (TPSA) is 38.9 Å². The van der Waals surface area contributed by atoms with Crippen LogP contribution < -0.4 is 0 Å². The summed E-state index contributed by atoms with van der Waals surface area (Å²) in [4.78, 5) is 4.83. The third-order valence-corrected chi connectivity index (χ3v) is 4.14. The summed E-state index contributed by atoms with van der Waals surface area (Å²) in [6.07, 6.45) is 0. The number of hydrogen-bond acceptors (Lipinski definition) is 4. The smallest absolute Gasteiger partial charge is 0.237 e. The Labute approximate surface area is 134 Å². The second kappa shape index (κ2) is 6.46. The van der Waals surface area contributed by atoms with Gasteiger partial charge in [-0.2, -0.15) is 4.98 Å². The van der Waals surface area contributed by atoms with Crippen LogP contribution in [-0.2, 0) is 5.75 Å². The van der Waals surface area contributed by atoms with Crippen molar-refractivity contribution >= 4 is 23.4 Å². The molecule has 0 saturated carbocycles. The van der Waals surface area contributed by atoms with Crippen LogP contribution in [0.5, 0.6) is 0 Å². The average Bonchev–Trinajstić information content (AvgIpc) is 2.98. The highest BCUT2D eigenvalue weighted by Gasteiger charge is 2.12. The Hall–Kier alpha value is -1.92. The lowest BCUT2D eigenvalue weighted by molar-refractivity contribution is 0.391. The van der Waals surface area contributed by atoms with Gasteiger partial charge in [-0.05, 0) is 30.3 Å². The van der Waals surface area contributed by atoms with E-state index < -0.39 is 11.6 Å². The van der Waals surface area contributed by atoms with Crippen molar-refractivity contribution in [3.8, 4) is 11.4 Å². The fraction of sp³-hybridized carbons (Fsp3) is 0.0667. The Morgan fingerprint density at radius 1 is 1.09 bits per heavy atom. The van der Waals surface area contributed by atoms with Gasteiger partial charge in [-0.15, -0.1) is 11.8 Å². The van der Waals surface area contributed by atoms with Crippen LogP contribution in [0.2, 0.25) is 5.02 Å². The lowest BCUT2D eigenvalue weighted by Crippen LogP contribution is -1.86. The molecule has 0 aliphatic carbocycles. The molecule has 0 fully saturated rings. The molecule has 0 aliphatic rings. The Kier molecular flexibility index (Phi) is 4.40. The summed E-state index contributed by atoms with van der Waals surface area (Å²) in [5.74, 6) is -0.630. The maximum Gasteiger partial charge on any atom is 0.237 e. The Bertz CT molecular complexity index is 810. The second-order valence-corrected chi connectivity index (χ2v) is 5.81. The van der Waals surface area contributed by atoms with Crippen LogP contribution in [0.25, 0.3) is 11.4 Å². The zero-order valence-corrected chi connectivity index (χ0v) is 12.7. The molecule has 0 unspecified atom stereocenters.